The van der Waals surface area contributed by atoms with E-state index in [9.17, 15) is 14.4 Å². The van der Waals surface area contributed by atoms with Crippen molar-refractivity contribution < 1.29 is 19.1 Å². The highest BCUT2D eigenvalue weighted by Crippen LogP contribution is 2.22. The van der Waals surface area contributed by atoms with Gasteiger partial charge in [-0.2, -0.15) is 0 Å². The van der Waals surface area contributed by atoms with E-state index in [2.05, 4.69) is 5.32 Å². The Hall–Kier alpha value is -4.13. The summed E-state index contributed by atoms with van der Waals surface area (Å²) in [6.45, 7) is 3.71. The smallest absolute Gasteiger partial charge is 0.409 e. The number of para-hydroxylation sites is 1. The van der Waals surface area contributed by atoms with Gasteiger partial charge in [-0.25, -0.2) is 4.79 Å². The number of hydrogen-bond acceptors (Lipinski definition) is 4. The van der Waals surface area contributed by atoms with Crippen LogP contribution in [0.2, 0.25) is 0 Å². The van der Waals surface area contributed by atoms with Crippen molar-refractivity contribution in [2.45, 2.75) is 6.92 Å². The maximum atomic E-state index is 13.2. The fraction of sp³-hybridized carbons (Fsp3) is 0.222. The zero-order valence-electron chi connectivity index (χ0n) is 19.1. The minimum Gasteiger partial charge on any atom is -0.450 e. The number of rotatable bonds is 5. The average Bonchev–Trinajstić information content (AvgIpc) is 2.89. The highest BCUT2D eigenvalue weighted by molar-refractivity contribution is 6.09. The number of benzene rings is 3. The van der Waals surface area contributed by atoms with Crippen LogP contribution in [0.4, 0.5) is 10.5 Å². The molecule has 0 aromatic heterocycles. The van der Waals surface area contributed by atoms with Gasteiger partial charge in [0.15, 0.2) is 0 Å². The molecule has 1 aliphatic heterocycles. The summed E-state index contributed by atoms with van der Waals surface area (Å²) >= 11 is 0. The Balaban J connectivity index is 1.43. The Morgan fingerprint density at radius 1 is 0.765 bits per heavy atom. The van der Waals surface area contributed by atoms with E-state index in [1.54, 1.807) is 53.1 Å². The van der Waals surface area contributed by atoms with Crippen molar-refractivity contribution in [2.75, 3.05) is 38.1 Å². The molecule has 174 valence electrons. The van der Waals surface area contributed by atoms with Crippen LogP contribution in [-0.4, -0.2) is 60.5 Å². The number of carbonyl (C=O) groups excluding carboxylic acids is 3. The number of piperazine rings is 1. The van der Waals surface area contributed by atoms with E-state index in [4.69, 9.17) is 4.74 Å². The lowest BCUT2D eigenvalue weighted by molar-refractivity contribution is 0.0571. The molecule has 7 heteroatoms. The molecule has 0 aliphatic carbocycles. The number of nitrogens with zero attached hydrogens (tertiary/aromatic N) is 2. The number of anilines is 1. The second kappa shape index (κ2) is 10.7. The maximum Gasteiger partial charge on any atom is 0.409 e. The van der Waals surface area contributed by atoms with Crippen LogP contribution in [0.15, 0.2) is 78.9 Å². The molecule has 0 saturated carbocycles. The SMILES string of the molecule is CCOC(=O)N1CCN(C(=O)c2ccccc2NC(=O)c2ccc(-c3ccccc3)cc2)CC1. The first-order valence-electron chi connectivity index (χ1n) is 11.3. The predicted octanol–water partition coefficient (Wildman–Crippen LogP) is 4.52. The second-order valence-electron chi connectivity index (χ2n) is 7.92. The van der Waals surface area contributed by atoms with Crippen LogP contribution in [0.25, 0.3) is 11.1 Å². The average molecular weight is 458 g/mol. The molecule has 1 heterocycles. The highest BCUT2D eigenvalue weighted by Gasteiger charge is 2.27. The Labute approximate surface area is 198 Å². The summed E-state index contributed by atoms with van der Waals surface area (Å²) < 4.78 is 5.04. The van der Waals surface area contributed by atoms with Crippen molar-refractivity contribution in [3.8, 4) is 11.1 Å². The minimum absolute atomic E-state index is 0.182. The molecule has 0 atom stereocenters. The molecule has 3 amide bonds. The van der Waals surface area contributed by atoms with Gasteiger partial charge in [0.05, 0.1) is 17.9 Å². The van der Waals surface area contributed by atoms with Crippen LogP contribution in [0, 0.1) is 0 Å². The van der Waals surface area contributed by atoms with Gasteiger partial charge in [0.1, 0.15) is 0 Å². The monoisotopic (exact) mass is 457 g/mol. The lowest BCUT2D eigenvalue weighted by Gasteiger charge is -2.34. The van der Waals surface area contributed by atoms with E-state index >= 15 is 0 Å². The van der Waals surface area contributed by atoms with Crippen molar-refractivity contribution in [3.05, 3.63) is 90.0 Å². The van der Waals surface area contributed by atoms with Crippen LogP contribution >= 0.6 is 0 Å². The molecule has 0 radical (unpaired) electrons. The van der Waals surface area contributed by atoms with E-state index in [1.165, 1.54) is 0 Å². The summed E-state index contributed by atoms with van der Waals surface area (Å²) in [5, 5.41) is 2.88. The molecule has 0 spiro atoms. The van der Waals surface area contributed by atoms with Crippen molar-refractivity contribution in [1.82, 2.24) is 9.80 Å². The zero-order chi connectivity index (χ0) is 23.9. The molecular weight excluding hydrogens is 430 g/mol. The minimum atomic E-state index is -0.361. The molecule has 1 aliphatic rings. The number of ether oxygens (including phenoxy) is 1. The van der Waals surface area contributed by atoms with E-state index in [0.717, 1.165) is 11.1 Å². The Morgan fingerprint density at radius 2 is 1.35 bits per heavy atom. The molecule has 0 unspecified atom stereocenters. The van der Waals surface area contributed by atoms with Crippen molar-refractivity contribution in [3.63, 3.8) is 0 Å². The standard InChI is InChI=1S/C27H27N3O4/c1-2-34-27(33)30-18-16-29(17-19-30)26(32)23-10-6-7-11-24(23)28-25(31)22-14-12-21(13-15-22)20-8-4-3-5-9-20/h3-15H,2,16-19H2,1H3,(H,28,31). The Bertz CT molecular complexity index is 1150. The van der Waals surface area contributed by atoms with Crippen molar-refractivity contribution in [2.24, 2.45) is 0 Å². The Kier molecular flexibility index (Phi) is 7.22. The quantitative estimate of drug-likeness (QED) is 0.611. The molecule has 1 N–H and O–H groups in total. The summed E-state index contributed by atoms with van der Waals surface area (Å²) in [5.41, 5.74) is 3.48. The van der Waals surface area contributed by atoms with Gasteiger partial charge in [0.25, 0.3) is 11.8 Å². The molecule has 7 nitrogen and oxygen atoms in total. The van der Waals surface area contributed by atoms with Crippen LogP contribution in [0.5, 0.6) is 0 Å². The lowest BCUT2D eigenvalue weighted by Crippen LogP contribution is -2.50. The second-order valence-corrected chi connectivity index (χ2v) is 7.92. The number of amides is 3. The van der Waals surface area contributed by atoms with Gasteiger partial charge < -0.3 is 19.9 Å². The van der Waals surface area contributed by atoms with Crippen LogP contribution < -0.4 is 5.32 Å². The largest absolute Gasteiger partial charge is 0.450 e. The van der Waals surface area contributed by atoms with E-state index in [-0.39, 0.29) is 17.9 Å². The first-order chi connectivity index (χ1) is 16.6. The molecular formula is C27H27N3O4. The topological polar surface area (TPSA) is 79.0 Å². The molecule has 1 saturated heterocycles. The highest BCUT2D eigenvalue weighted by atomic mass is 16.6. The van der Waals surface area contributed by atoms with E-state index < -0.39 is 0 Å². The maximum absolute atomic E-state index is 13.2. The van der Waals surface area contributed by atoms with Gasteiger partial charge in [-0.1, -0.05) is 54.6 Å². The molecule has 4 rings (SSSR count). The zero-order valence-corrected chi connectivity index (χ0v) is 19.1. The summed E-state index contributed by atoms with van der Waals surface area (Å²) in [6.07, 6.45) is -0.361. The summed E-state index contributed by atoms with van der Waals surface area (Å²) in [4.78, 5) is 41.3. The van der Waals surface area contributed by atoms with Crippen molar-refractivity contribution in [1.29, 1.82) is 0 Å². The van der Waals surface area contributed by atoms with Gasteiger partial charge in [0, 0.05) is 31.7 Å². The third-order valence-corrected chi connectivity index (χ3v) is 5.75. The third-order valence-electron chi connectivity index (χ3n) is 5.75. The van der Waals surface area contributed by atoms with Crippen LogP contribution in [0.1, 0.15) is 27.6 Å². The van der Waals surface area contributed by atoms with Gasteiger partial charge in [-0.05, 0) is 42.3 Å². The first-order valence-corrected chi connectivity index (χ1v) is 11.3. The normalized spacial score (nSPS) is 13.3. The number of carbonyl (C=O) groups is 3. The lowest BCUT2D eigenvalue weighted by atomic mass is 10.0. The number of nitrogens with one attached hydrogen (secondary N) is 1. The van der Waals surface area contributed by atoms with Crippen molar-refractivity contribution >= 4 is 23.6 Å². The molecule has 1 fully saturated rings. The molecule has 3 aromatic rings. The van der Waals surface area contributed by atoms with E-state index in [1.807, 2.05) is 42.5 Å². The first kappa shape index (κ1) is 23.0. The fourth-order valence-corrected chi connectivity index (χ4v) is 3.89. The van der Waals surface area contributed by atoms with Gasteiger partial charge in [-0.3, -0.25) is 9.59 Å². The molecule has 0 bridgehead atoms. The summed E-state index contributed by atoms with van der Waals surface area (Å²) in [6, 6.07) is 24.3. The van der Waals surface area contributed by atoms with Gasteiger partial charge >= 0.3 is 6.09 Å². The van der Waals surface area contributed by atoms with E-state index in [0.29, 0.717) is 49.6 Å². The van der Waals surface area contributed by atoms with Crippen LogP contribution in [-0.2, 0) is 4.74 Å². The summed E-state index contributed by atoms with van der Waals surface area (Å²) in [5.74, 6) is -0.467. The Morgan fingerprint density at radius 3 is 2.03 bits per heavy atom. The summed E-state index contributed by atoms with van der Waals surface area (Å²) in [7, 11) is 0. The van der Waals surface area contributed by atoms with Crippen LogP contribution in [0.3, 0.4) is 0 Å². The fourth-order valence-electron chi connectivity index (χ4n) is 3.89. The predicted molar refractivity (Wildman–Crippen MR) is 131 cm³/mol. The molecule has 3 aromatic carbocycles. The third kappa shape index (κ3) is 5.26. The molecule has 34 heavy (non-hydrogen) atoms. The number of hydrogen-bond donors (Lipinski definition) is 1. The van der Waals surface area contributed by atoms with Gasteiger partial charge in [0.2, 0.25) is 0 Å². The van der Waals surface area contributed by atoms with Gasteiger partial charge in [-0.15, -0.1) is 0 Å².